The quantitative estimate of drug-likeness (QED) is 0.824. The molecule has 88 valence electrons. The Balaban J connectivity index is 3.05. The maximum absolute atomic E-state index is 4.45. The van der Waals surface area contributed by atoms with Crippen molar-refractivity contribution in [1.82, 2.24) is 10.3 Å². The summed E-state index contributed by atoms with van der Waals surface area (Å²) in [7, 11) is 0. The van der Waals surface area contributed by atoms with E-state index in [0.717, 1.165) is 21.2 Å². The Hall–Kier alpha value is -0.190. The molecule has 0 aliphatic heterocycles. The molecule has 1 aromatic rings. The molecule has 0 aliphatic rings. The summed E-state index contributed by atoms with van der Waals surface area (Å²) in [5.41, 5.74) is 2.30. The van der Waals surface area contributed by atoms with Gasteiger partial charge in [-0.25, -0.2) is 0 Å². The van der Waals surface area contributed by atoms with Crippen molar-refractivity contribution in [3.8, 4) is 0 Å². The summed E-state index contributed by atoms with van der Waals surface area (Å²) in [4.78, 5) is 4.45. The molecule has 0 fully saturated rings. The van der Waals surface area contributed by atoms with Crippen LogP contribution in [0.25, 0.3) is 0 Å². The predicted octanol–water partition coefficient (Wildman–Crippen LogP) is 4.22. The molecule has 1 aromatic heterocycles. The molecule has 1 unspecified atom stereocenters. The van der Waals surface area contributed by atoms with Crippen LogP contribution in [0.5, 0.6) is 0 Å². The van der Waals surface area contributed by atoms with Crippen molar-refractivity contribution in [2.24, 2.45) is 0 Å². The van der Waals surface area contributed by atoms with E-state index in [9.17, 15) is 0 Å². The van der Waals surface area contributed by atoms with Gasteiger partial charge in [-0.05, 0) is 58.3 Å². The van der Waals surface area contributed by atoms with Gasteiger partial charge in [0.25, 0.3) is 0 Å². The normalized spacial score (nSPS) is 12.3. The van der Waals surface area contributed by atoms with Crippen molar-refractivity contribution in [1.29, 1.82) is 0 Å². The Morgan fingerprint density at radius 1 is 1.50 bits per heavy atom. The van der Waals surface area contributed by atoms with Gasteiger partial charge in [0.1, 0.15) is 0 Å². The van der Waals surface area contributed by atoms with Crippen LogP contribution in [0.2, 0.25) is 0 Å². The van der Waals surface area contributed by atoms with Crippen LogP contribution < -0.4 is 5.32 Å². The highest BCUT2D eigenvalue weighted by atomic mass is 79.9. The largest absolute Gasteiger partial charge is 0.306 e. The zero-order valence-electron chi connectivity index (χ0n) is 9.72. The Morgan fingerprint density at radius 2 is 2.19 bits per heavy atom. The molecule has 0 saturated heterocycles. The fourth-order valence-corrected chi connectivity index (χ4v) is 2.68. The second kappa shape index (κ2) is 6.52. The number of hydrogen-bond acceptors (Lipinski definition) is 2. The monoisotopic (exact) mass is 346 g/mol. The number of halogens is 2. The lowest BCUT2D eigenvalue weighted by atomic mass is 10.1. The fourth-order valence-electron chi connectivity index (χ4n) is 1.44. The van der Waals surface area contributed by atoms with Gasteiger partial charge in [-0.3, -0.25) is 4.98 Å². The van der Waals surface area contributed by atoms with Gasteiger partial charge >= 0.3 is 0 Å². The number of hydrogen-bond donors (Lipinski definition) is 1. The van der Waals surface area contributed by atoms with Gasteiger partial charge in [-0.2, -0.15) is 0 Å². The topological polar surface area (TPSA) is 24.9 Å². The van der Waals surface area contributed by atoms with Crippen LogP contribution in [-0.2, 0) is 0 Å². The summed E-state index contributed by atoms with van der Waals surface area (Å²) in [6, 6.07) is 2.18. The molecule has 0 aromatic carbocycles. The van der Waals surface area contributed by atoms with Crippen LogP contribution >= 0.6 is 31.9 Å². The molecule has 1 heterocycles. The number of pyridine rings is 1. The highest BCUT2D eigenvalue weighted by molar-refractivity contribution is 9.11. The number of rotatable bonds is 4. The standard InChI is InChI=1S/C12H16Br2N2/c1-4-15-11(5-8(2)3)12-10(14)6-9(13)7-16-12/h5-7,11,15H,4H2,1-3H3. The van der Waals surface area contributed by atoms with E-state index in [1.807, 2.05) is 12.3 Å². The minimum Gasteiger partial charge on any atom is -0.306 e. The molecule has 0 spiro atoms. The highest BCUT2D eigenvalue weighted by Gasteiger charge is 2.12. The zero-order chi connectivity index (χ0) is 12.1. The Kier molecular flexibility index (Phi) is 5.66. The van der Waals surface area contributed by atoms with Crippen LogP contribution in [0.1, 0.15) is 32.5 Å². The molecule has 0 saturated carbocycles. The molecule has 1 N–H and O–H groups in total. The van der Waals surface area contributed by atoms with E-state index in [2.05, 4.69) is 69.0 Å². The summed E-state index contributed by atoms with van der Waals surface area (Å²) in [6.07, 6.45) is 4.01. The fraction of sp³-hybridized carbons (Fsp3) is 0.417. The number of likely N-dealkylation sites (N-methyl/N-ethyl adjacent to an activating group) is 1. The average Bonchev–Trinajstić information content (AvgIpc) is 2.16. The predicted molar refractivity (Wildman–Crippen MR) is 75.5 cm³/mol. The SMILES string of the molecule is CCNC(C=C(C)C)c1ncc(Br)cc1Br. The van der Waals surface area contributed by atoms with E-state index >= 15 is 0 Å². The molecule has 0 bridgehead atoms. The first-order valence-electron chi connectivity index (χ1n) is 5.24. The van der Waals surface area contributed by atoms with Crippen molar-refractivity contribution < 1.29 is 0 Å². The van der Waals surface area contributed by atoms with Gasteiger partial charge in [0.2, 0.25) is 0 Å². The van der Waals surface area contributed by atoms with Crippen molar-refractivity contribution in [2.75, 3.05) is 6.54 Å². The first-order valence-corrected chi connectivity index (χ1v) is 6.82. The Labute approximate surface area is 114 Å². The third kappa shape index (κ3) is 4.00. The smallest absolute Gasteiger partial charge is 0.0755 e. The number of allylic oxidation sites excluding steroid dienone is 1. The van der Waals surface area contributed by atoms with Gasteiger partial charge in [-0.15, -0.1) is 0 Å². The van der Waals surface area contributed by atoms with Crippen LogP contribution in [0.3, 0.4) is 0 Å². The summed E-state index contributed by atoms with van der Waals surface area (Å²) >= 11 is 6.95. The van der Waals surface area contributed by atoms with Crippen molar-refractivity contribution in [2.45, 2.75) is 26.8 Å². The van der Waals surface area contributed by atoms with Crippen molar-refractivity contribution in [3.63, 3.8) is 0 Å². The summed E-state index contributed by atoms with van der Waals surface area (Å²) in [5.74, 6) is 0. The molecule has 16 heavy (non-hydrogen) atoms. The van der Waals surface area contributed by atoms with Crippen LogP contribution in [0, 0.1) is 0 Å². The highest BCUT2D eigenvalue weighted by Crippen LogP contribution is 2.25. The van der Waals surface area contributed by atoms with E-state index in [1.165, 1.54) is 5.57 Å². The Morgan fingerprint density at radius 3 is 2.69 bits per heavy atom. The third-order valence-corrected chi connectivity index (χ3v) is 3.12. The lowest BCUT2D eigenvalue weighted by molar-refractivity contribution is 0.626. The molecule has 1 rings (SSSR count). The van der Waals surface area contributed by atoms with Gasteiger partial charge < -0.3 is 5.32 Å². The molecule has 2 nitrogen and oxygen atoms in total. The molecule has 1 atom stereocenters. The first-order chi connectivity index (χ1) is 7.54. The number of aromatic nitrogens is 1. The minimum absolute atomic E-state index is 0.164. The molecule has 4 heteroatoms. The lowest BCUT2D eigenvalue weighted by Gasteiger charge is -2.15. The summed E-state index contributed by atoms with van der Waals surface area (Å²) < 4.78 is 2.00. The van der Waals surface area contributed by atoms with E-state index in [0.29, 0.717) is 0 Å². The zero-order valence-corrected chi connectivity index (χ0v) is 12.9. The lowest BCUT2D eigenvalue weighted by Crippen LogP contribution is -2.20. The Bertz CT molecular complexity index is 385. The van der Waals surface area contributed by atoms with Crippen molar-refractivity contribution >= 4 is 31.9 Å². The van der Waals surface area contributed by atoms with Gasteiger partial charge in [-0.1, -0.05) is 18.6 Å². The summed E-state index contributed by atoms with van der Waals surface area (Å²) in [6.45, 7) is 7.20. The molecule has 0 amide bonds. The van der Waals surface area contributed by atoms with E-state index in [1.54, 1.807) is 0 Å². The molecule has 0 aliphatic carbocycles. The number of nitrogens with one attached hydrogen (secondary N) is 1. The first kappa shape index (κ1) is 13.9. The summed E-state index contributed by atoms with van der Waals surface area (Å²) in [5, 5.41) is 3.41. The van der Waals surface area contributed by atoms with E-state index in [4.69, 9.17) is 0 Å². The third-order valence-electron chi connectivity index (χ3n) is 2.05. The number of nitrogens with zero attached hydrogens (tertiary/aromatic N) is 1. The second-order valence-electron chi connectivity index (χ2n) is 3.80. The van der Waals surface area contributed by atoms with Gasteiger partial charge in [0, 0.05) is 15.1 Å². The molecule has 0 radical (unpaired) electrons. The van der Waals surface area contributed by atoms with Crippen molar-refractivity contribution in [3.05, 3.63) is 38.6 Å². The second-order valence-corrected chi connectivity index (χ2v) is 5.57. The average molecular weight is 348 g/mol. The molecular formula is C12H16Br2N2. The van der Waals surface area contributed by atoms with Crippen LogP contribution in [0.4, 0.5) is 0 Å². The van der Waals surface area contributed by atoms with E-state index in [-0.39, 0.29) is 6.04 Å². The molecular weight excluding hydrogens is 332 g/mol. The maximum atomic E-state index is 4.45. The van der Waals surface area contributed by atoms with E-state index < -0.39 is 0 Å². The van der Waals surface area contributed by atoms with Crippen LogP contribution in [-0.4, -0.2) is 11.5 Å². The van der Waals surface area contributed by atoms with Gasteiger partial charge in [0.05, 0.1) is 11.7 Å². The van der Waals surface area contributed by atoms with Crippen LogP contribution in [0.15, 0.2) is 32.9 Å². The maximum Gasteiger partial charge on any atom is 0.0755 e. The minimum atomic E-state index is 0.164. The van der Waals surface area contributed by atoms with Gasteiger partial charge in [0.15, 0.2) is 0 Å².